The van der Waals surface area contributed by atoms with E-state index in [4.69, 9.17) is 4.74 Å². The molecular weight excluding hydrogens is 354 g/mol. The maximum absolute atomic E-state index is 12.2. The topological polar surface area (TPSA) is 38.3 Å². The van der Waals surface area contributed by atoms with Gasteiger partial charge in [-0.3, -0.25) is 0 Å². The zero-order valence-electron chi connectivity index (χ0n) is 13.7. The van der Waals surface area contributed by atoms with E-state index in [0.29, 0.717) is 6.42 Å². The van der Waals surface area contributed by atoms with Crippen molar-refractivity contribution in [2.45, 2.75) is 38.8 Å². The van der Waals surface area contributed by atoms with Gasteiger partial charge < -0.3 is 10.1 Å². The highest BCUT2D eigenvalue weighted by atomic mass is 79.9. The van der Waals surface area contributed by atoms with Crippen molar-refractivity contribution in [2.75, 3.05) is 0 Å². The Kier molecular flexibility index (Phi) is 5.83. The van der Waals surface area contributed by atoms with Crippen LogP contribution in [0.4, 0.5) is 4.79 Å². The van der Waals surface area contributed by atoms with Gasteiger partial charge in [-0.1, -0.05) is 58.4 Å². The Hall–Kier alpha value is -1.81. The molecule has 2 rings (SSSR count). The lowest BCUT2D eigenvalue weighted by Gasteiger charge is -2.24. The molecule has 0 aromatic heterocycles. The van der Waals surface area contributed by atoms with E-state index < -0.39 is 11.7 Å². The molecule has 0 bridgehead atoms. The average Bonchev–Trinajstić information content (AvgIpc) is 2.46. The van der Waals surface area contributed by atoms with Crippen molar-refractivity contribution in [3.63, 3.8) is 0 Å². The molecule has 0 saturated carbocycles. The SMILES string of the molecule is CC(C)(C)OC(=O)N[C@H](Cc1ccccc1)c1ccc(Br)cc1. The first kappa shape index (κ1) is 17.5. The summed E-state index contributed by atoms with van der Waals surface area (Å²) in [6, 6.07) is 17.9. The molecule has 0 radical (unpaired) electrons. The van der Waals surface area contributed by atoms with Crippen LogP contribution in [-0.4, -0.2) is 11.7 Å². The molecule has 0 unspecified atom stereocenters. The van der Waals surface area contributed by atoms with Gasteiger partial charge in [-0.05, 0) is 50.5 Å². The van der Waals surface area contributed by atoms with Gasteiger partial charge >= 0.3 is 6.09 Å². The summed E-state index contributed by atoms with van der Waals surface area (Å²) in [4.78, 5) is 12.2. The van der Waals surface area contributed by atoms with Crippen molar-refractivity contribution >= 4 is 22.0 Å². The van der Waals surface area contributed by atoms with Crippen molar-refractivity contribution in [1.82, 2.24) is 5.32 Å². The Morgan fingerprint density at radius 3 is 2.26 bits per heavy atom. The molecule has 0 heterocycles. The van der Waals surface area contributed by atoms with Crippen LogP contribution in [-0.2, 0) is 11.2 Å². The minimum Gasteiger partial charge on any atom is -0.444 e. The Morgan fingerprint density at radius 1 is 1.09 bits per heavy atom. The van der Waals surface area contributed by atoms with Crippen LogP contribution in [0.2, 0.25) is 0 Å². The predicted molar refractivity (Wildman–Crippen MR) is 96.4 cm³/mol. The summed E-state index contributed by atoms with van der Waals surface area (Å²) < 4.78 is 6.40. The molecule has 0 saturated heterocycles. The molecule has 4 heteroatoms. The minimum atomic E-state index is -0.513. The number of hydrogen-bond acceptors (Lipinski definition) is 2. The molecule has 0 spiro atoms. The summed E-state index contributed by atoms with van der Waals surface area (Å²) >= 11 is 3.44. The van der Waals surface area contributed by atoms with Crippen molar-refractivity contribution in [1.29, 1.82) is 0 Å². The fourth-order valence-electron chi connectivity index (χ4n) is 2.25. The van der Waals surface area contributed by atoms with Crippen LogP contribution in [0, 0.1) is 0 Å². The smallest absolute Gasteiger partial charge is 0.408 e. The van der Waals surface area contributed by atoms with Gasteiger partial charge in [0.05, 0.1) is 6.04 Å². The molecule has 3 nitrogen and oxygen atoms in total. The molecule has 2 aromatic carbocycles. The minimum absolute atomic E-state index is 0.139. The summed E-state index contributed by atoms with van der Waals surface area (Å²) in [5.41, 5.74) is 1.69. The highest BCUT2D eigenvalue weighted by Gasteiger charge is 2.20. The van der Waals surface area contributed by atoms with Crippen LogP contribution in [0.5, 0.6) is 0 Å². The number of amides is 1. The maximum atomic E-state index is 12.2. The molecule has 1 amide bonds. The number of halogens is 1. The van der Waals surface area contributed by atoms with Gasteiger partial charge in [0, 0.05) is 4.47 Å². The van der Waals surface area contributed by atoms with Crippen molar-refractivity contribution in [2.24, 2.45) is 0 Å². The van der Waals surface area contributed by atoms with Gasteiger partial charge in [0.15, 0.2) is 0 Å². The summed E-state index contributed by atoms with van der Waals surface area (Å²) in [6.07, 6.45) is 0.309. The quantitative estimate of drug-likeness (QED) is 0.791. The summed E-state index contributed by atoms with van der Waals surface area (Å²) in [7, 11) is 0. The van der Waals surface area contributed by atoms with Gasteiger partial charge in [0.2, 0.25) is 0 Å². The number of hydrogen-bond donors (Lipinski definition) is 1. The van der Waals surface area contributed by atoms with E-state index in [1.807, 2.05) is 63.2 Å². The number of rotatable bonds is 4. The van der Waals surface area contributed by atoms with Crippen LogP contribution in [0.15, 0.2) is 59.1 Å². The van der Waals surface area contributed by atoms with E-state index in [-0.39, 0.29) is 6.04 Å². The van der Waals surface area contributed by atoms with Crippen molar-refractivity contribution in [3.8, 4) is 0 Å². The van der Waals surface area contributed by atoms with Crippen molar-refractivity contribution in [3.05, 3.63) is 70.2 Å². The number of ether oxygens (including phenoxy) is 1. The number of alkyl carbamates (subject to hydrolysis) is 1. The molecule has 1 atom stereocenters. The van der Waals surface area contributed by atoms with E-state index in [1.54, 1.807) is 0 Å². The highest BCUT2D eigenvalue weighted by molar-refractivity contribution is 9.10. The molecule has 0 aliphatic carbocycles. The Balaban J connectivity index is 2.17. The second-order valence-electron chi connectivity index (χ2n) is 6.44. The highest BCUT2D eigenvalue weighted by Crippen LogP contribution is 2.21. The second kappa shape index (κ2) is 7.64. The lowest BCUT2D eigenvalue weighted by Crippen LogP contribution is -2.35. The first-order valence-corrected chi connectivity index (χ1v) is 8.42. The predicted octanol–water partition coefficient (Wildman–Crippen LogP) is 5.26. The number of nitrogens with one attached hydrogen (secondary N) is 1. The van der Waals surface area contributed by atoms with Crippen LogP contribution < -0.4 is 5.32 Å². The summed E-state index contributed by atoms with van der Waals surface area (Å²) in [5, 5.41) is 2.98. The van der Waals surface area contributed by atoms with Crippen molar-refractivity contribution < 1.29 is 9.53 Å². The van der Waals surface area contributed by atoms with Gasteiger partial charge in [0.25, 0.3) is 0 Å². The van der Waals surface area contributed by atoms with E-state index in [2.05, 4.69) is 33.4 Å². The van der Waals surface area contributed by atoms with Gasteiger partial charge in [-0.2, -0.15) is 0 Å². The lowest BCUT2D eigenvalue weighted by molar-refractivity contribution is 0.0503. The zero-order chi connectivity index (χ0) is 16.9. The third kappa shape index (κ3) is 6.06. The molecule has 1 N–H and O–H groups in total. The van der Waals surface area contributed by atoms with E-state index >= 15 is 0 Å². The number of benzene rings is 2. The monoisotopic (exact) mass is 375 g/mol. The largest absolute Gasteiger partial charge is 0.444 e. The Bertz CT molecular complexity index is 633. The van der Waals surface area contributed by atoms with Gasteiger partial charge in [-0.15, -0.1) is 0 Å². The number of carbonyl (C=O) groups excluding carboxylic acids is 1. The fraction of sp³-hybridized carbons (Fsp3) is 0.316. The van der Waals surface area contributed by atoms with Crippen LogP contribution in [0.1, 0.15) is 37.9 Å². The molecule has 23 heavy (non-hydrogen) atoms. The molecule has 122 valence electrons. The normalized spacial score (nSPS) is 12.5. The average molecular weight is 376 g/mol. The molecule has 2 aromatic rings. The number of carbonyl (C=O) groups is 1. The van der Waals surface area contributed by atoms with Crippen LogP contribution in [0.3, 0.4) is 0 Å². The zero-order valence-corrected chi connectivity index (χ0v) is 15.3. The van der Waals surface area contributed by atoms with E-state index in [0.717, 1.165) is 15.6 Å². The fourth-order valence-corrected chi connectivity index (χ4v) is 2.51. The molecule has 0 fully saturated rings. The molecule has 0 aliphatic rings. The van der Waals surface area contributed by atoms with Crippen LogP contribution >= 0.6 is 15.9 Å². The second-order valence-corrected chi connectivity index (χ2v) is 7.36. The first-order chi connectivity index (χ1) is 10.8. The summed E-state index contributed by atoms with van der Waals surface area (Å²) in [5.74, 6) is 0. The third-order valence-electron chi connectivity index (χ3n) is 3.25. The Morgan fingerprint density at radius 2 is 1.70 bits per heavy atom. The third-order valence-corrected chi connectivity index (χ3v) is 3.77. The molecule has 0 aliphatic heterocycles. The first-order valence-electron chi connectivity index (χ1n) is 7.62. The standard InChI is InChI=1S/C19H22BrNO2/c1-19(2,3)23-18(22)21-17(13-14-7-5-4-6-8-14)15-9-11-16(20)12-10-15/h4-12,17H,13H2,1-3H3,(H,21,22)/t17-/m1/s1. The van der Waals surface area contributed by atoms with E-state index in [1.165, 1.54) is 0 Å². The van der Waals surface area contributed by atoms with Gasteiger partial charge in [0.1, 0.15) is 5.60 Å². The summed E-state index contributed by atoms with van der Waals surface area (Å²) in [6.45, 7) is 5.58. The Labute approximate surface area is 146 Å². The molecular formula is C19H22BrNO2. The van der Waals surface area contributed by atoms with Gasteiger partial charge in [-0.25, -0.2) is 4.79 Å². The maximum Gasteiger partial charge on any atom is 0.408 e. The van der Waals surface area contributed by atoms with E-state index in [9.17, 15) is 4.79 Å². The lowest BCUT2D eigenvalue weighted by atomic mass is 9.99. The van der Waals surface area contributed by atoms with Crippen LogP contribution in [0.25, 0.3) is 0 Å².